The number of carbonyl (C=O) groups excluding carboxylic acids is 1. The van der Waals surface area contributed by atoms with Gasteiger partial charge in [0.2, 0.25) is 5.78 Å². The molecule has 0 aliphatic rings. The molecular formula is C17H27ClN2O3S. The van der Waals surface area contributed by atoms with Crippen molar-refractivity contribution in [3.05, 3.63) is 29.8 Å². The van der Waals surface area contributed by atoms with Gasteiger partial charge >= 0.3 is 0 Å². The predicted molar refractivity (Wildman–Crippen MR) is 103 cm³/mol. The first kappa shape index (κ1) is 22.8. The Labute approximate surface area is 154 Å². The van der Waals surface area contributed by atoms with Crippen molar-refractivity contribution >= 4 is 35.0 Å². The van der Waals surface area contributed by atoms with Crippen molar-refractivity contribution in [2.75, 3.05) is 19.4 Å². The van der Waals surface area contributed by atoms with Crippen molar-refractivity contribution in [2.45, 2.75) is 39.8 Å². The fourth-order valence-electron chi connectivity index (χ4n) is 2.37. The molecule has 136 valence electrons. The van der Waals surface area contributed by atoms with Crippen LogP contribution in [0.1, 0.15) is 38.1 Å². The summed E-state index contributed by atoms with van der Waals surface area (Å²) in [6.07, 6.45) is 0. The van der Waals surface area contributed by atoms with E-state index in [-0.39, 0.29) is 23.2 Å². The van der Waals surface area contributed by atoms with E-state index in [1.165, 1.54) is 11.8 Å². The minimum absolute atomic E-state index is 0. The molecule has 0 saturated carbocycles. The quantitative estimate of drug-likeness (QED) is 0.245. The fraction of sp³-hybridized carbons (Fsp3) is 0.529. The number of halogens is 1. The molecule has 0 fully saturated rings. The van der Waals surface area contributed by atoms with Gasteiger partial charge < -0.3 is 9.94 Å². The number of hydrogen-bond acceptors (Lipinski definition) is 6. The lowest BCUT2D eigenvalue weighted by Gasteiger charge is -2.30. The number of oxime groups is 1. The molecule has 0 amide bonds. The van der Waals surface area contributed by atoms with Crippen molar-refractivity contribution in [1.82, 2.24) is 4.90 Å². The highest BCUT2D eigenvalue weighted by molar-refractivity contribution is 8.15. The van der Waals surface area contributed by atoms with E-state index in [1.54, 1.807) is 31.4 Å². The molecule has 0 radical (unpaired) electrons. The van der Waals surface area contributed by atoms with Gasteiger partial charge in [-0.3, -0.25) is 9.69 Å². The first-order valence-electron chi connectivity index (χ1n) is 7.70. The van der Waals surface area contributed by atoms with Crippen LogP contribution >= 0.6 is 24.2 Å². The molecule has 1 aromatic carbocycles. The van der Waals surface area contributed by atoms with Crippen LogP contribution in [0.2, 0.25) is 0 Å². The first-order valence-corrected chi connectivity index (χ1v) is 8.68. The van der Waals surface area contributed by atoms with Crippen LogP contribution in [-0.4, -0.2) is 52.4 Å². The van der Waals surface area contributed by atoms with Crippen molar-refractivity contribution < 1.29 is 14.7 Å². The average Bonchev–Trinajstić information content (AvgIpc) is 2.53. The maximum atomic E-state index is 12.4. The summed E-state index contributed by atoms with van der Waals surface area (Å²) < 4.78 is 5.07. The highest BCUT2D eigenvalue weighted by atomic mass is 35.5. The molecule has 0 unspecified atom stereocenters. The summed E-state index contributed by atoms with van der Waals surface area (Å²) in [6.45, 7) is 9.42. The first-order chi connectivity index (χ1) is 10.9. The largest absolute Gasteiger partial charge is 0.497 e. The second-order valence-corrected chi connectivity index (χ2v) is 6.82. The van der Waals surface area contributed by atoms with Gasteiger partial charge in [-0.05, 0) is 52.0 Å². The van der Waals surface area contributed by atoms with Crippen LogP contribution in [0.4, 0.5) is 0 Å². The molecule has 0 aromatic heterocycles. The van der Waals surface area contributed by atoms with Crippen LogP contribution in [0.5, 0.6) is 5.75 Å². The van der Waals surface area contributed by atoms with Crippen LogP contribution < -0.4 is 4.74 Å². The Morgan fingerprint density at radius 2 is 1.75 bits per heavy atom. The lowest BCUT2D eigenvalue weighted by molar-refractivity contribution is 0.106. The third-order valence-corrected chi connectivity index (χ3v) is 4.48. The molecule has 0 atom stereocenters. The molecule has 0 saturated heterocycles. The van der Waals surface area contributed by atoms with Crippen LogP contribution in [0.15, 0.2) is 29.4 Å². The molecule has 1 aromatic rings. The van der Waals surface area contributed by atoms with E-state index < -0.39 is 0 Å². The molecule has 5 nitrogen and oxygen atoms in total. The number of hydrogen-bond donors (Lipinski definition) is 1. The summed E-state index contributed by atoms with van der Waals surface area (Å²) >= 11 is 1.28. The Balaban J connectivity index is 0.00000529. The SMILES string of the molecule is COc1ccc(C(=O)/C(=N/O)SCCN(C(C)C)C(C)C)cc1.Cl. The monoisotopic (exact) mass is 374 g/mol. The van der Waals surface area contributed by atoms with Crippen molar-refractivity contribution in [2.24, 2.45) is 5.16 Å². The van der Waals surface area contributed by atoms with E-state index >= 15 is 0 Å². The van der Waals surface area contributed by atoms with Crippen LogP contribution in [-0.2, 0) is 0 Å². The number of thioether (sulfide) groups is 1. The fourth-order valence-corrected chi connectivity index (χ4v) is 3.17. The number of benzene rings is 1. The lowest BCUT2D eigenvalue weighted by atomic mass is 10.1. The molecule has 1 rings (SSSR count). The van der Waals surface area contributed by atoms with E-state index in [0.29, 0.717) is 29.1 Å². The van der Waals surface area contributed by atoms with Gasteiger partial charge in [-0.25, -0.2) is 0 Å². The van der Waals surface area contributed by atoms with Gasteiger partial charge in [-0.2, -0.15) is 0 Å². The summed E-state index contributed by atoms with van der Waals surface area (Å²) in [7, 11) is 1.57. The van der Waals surface area contributed by atoms with Gasteiger partial charge in [0.1, 0.15) is 5.75 Å². The Kier molecular flexibility index (Phi) is 10.8. The average molecular weight is 375 g/mol. The van der Waals surface area contributed by atoms with E-state index in [0.717, 1.165) is 6.54 Å². The van der Waals surface area contributed by atoms with Gasteiger partial charge in [0.25, 0.3) is 0 Å². The number of methoxy groups -OCH3 is 1. The second kappa shape index (κ2) is 11.3. The Morgan fingerprint density at radius 1 is 1.21 bits per heavy atom. The molecular weight excluding hydrogens is 348 g/mol. The summed E-state index contributed by atoms with van der Waals surface area (Å²) in [4.78, 5) is 14.7. The number of ketones is 1. The molecule has 24 heavy (non-hydrogen) atoms. The van der Waals surface area contributed by atoms with Gasteiger partial charge in [0.05, 0.1) is 7.11 Å². The maximum absolute atomic E-state index is 12.4. The van der Waals surface area contributed by atoms with Gasteiger partial charge in [0.15, 0.2) is 5.04 Å². The summed E-state index contributed by atoms with van der Waals surface area (Å²) in [5.41, 5.74) is 0.482. The second-order valence-electron chi connectivity index (χ2n) is 5.74. The molecule has 0 spiro atoms. The molecule has 1 N–H and O–H groups in total. The standard InChI is InChI=1S/C17H26N2O3S.ClH/c1-12(2)19(13(3)4)10-11-23-17(18-21)16(20)14-6-8-15(22-5)9-7-14;/h6-9,12-13,21H,10-11H2,1-5H3;1H/b18-17-;. The summed E-state index contributed by atoms with van der Waals surface area (Å²) in [5, 5.41) is 12.4. The van der Waals surface area contributed by atoms with Gasteiger partial charge in [-0.15, -0.1) is 12.4 Å². The molecule has 0 aliphatic heterocycles. The van der Waals surface area contributed by atoms with Crippen LogP contribution in [0.3, 0.4) is 0 Å². The van der Waals surface area contributed by atoms with Gasteiger partial charge in [0, 0.05) is 29.9 Å². The van der Waals surface area contributed by atoms with E-state index in [4.69, 9.17) is 9.94 Å². The normalized spacial score (nSPS) is 11.8. The zero-order valence-corrected chi connectivity index (χ0v) is 16.5. The number of carbonyl (C=O) groups is 1. The number of Topliss-reactive ketones (excluding diaryl/α,β-unsaturated/α-hetero) is 1. The van der Waals surface area contributed by atoms with E-state index in [1.807, 2.05) is 0 Å². The molecule has 0 aliphatic carbocycles. The minimum atomic E-state index is -0.277. The molecule has 7 heteroatoms. The number of nitrogens with zero attached hydrogens (tertiary/aromatic N) is 2. The molecule has 0 bridgehead atoms. The van der Waals surface area contributed by atoms with Crippen molar-refractivity contribution in [3.63, 3.8) is 0 Å². The van der Waals surface area contributed by atoms with E-state index in [2.05, 4.69) is 37.8 Å². The highest BCUT2D eigenvalue weighted by Gasteiger charge is 2.18. The Bertz CT molecular complexity index is 525. The third kappa shape index (κ3) is 6.71. The zero-order valence-electron chi connectivity index (χ0n) is 14.9. The van der Waals surface area contributed by atoms with Crippen LogP contribution in [0.25, 0.3) is 0 Å². The van der Waals surface area contributed by atoms with Gasteiger partial charge in [-0.1, -0.05) is 16.9 Å². The number of ether oxygens (including phenoxy) is 1. The van der Waals surface area contributed by atoms with Crippen molar-refractivity contribution in [3.8, 4) is 5.75 Å². The van der Waals surface area contributed by atoms with Crippen molar-refractivity contribution in [1.29, 1.82) is 0 Å². The minimum Gasteiger partial charge on any atom is -0.497 e. The molecule has 0 heterocycles. The Morgan fingerprint density at radius 3 is 2.17 bits per heavy atom. The van der Waals surface area contributed by atoms with E-state index in [9.17, 15) is 4.79 Å². The summed E-state index contributed by atoms with van der Waals surface area (Å²) in [6, 6.07) is 7.63. The number of rotatable bonds is 8. The highest BCUT2D eigenvalue weighted by Crippen LogP contribution is 2.16. The lowest BCUT2D eigenvalue weighted by Crippen LogP contribution is -2.38. The zero-order chi connectivity index (χ0) is 17.4. The summed E-state index contributed by atoms with van der Waals surface area (Å²) in [5.74, 6) is 1.10. The topological polar surface area (TPSA) is 62.1 Å². The predicted octanol–water partition coefficient (Wildman–Crippen LogP) is 3.94. The van der Waals surface area contributed by atoms with Crippen LogP contribution in [0, 0.1) is 0 Å². The smallest absolute Gasteiger partial charge is 0.221 e. The third-order valence-electron chi connectivity index (χ3n) is 3.55. The maximum Gasteiger partial charge on any atom is 0.221 e. The Hall–Kier alpha value is -1.24.